The van der Waals surface area contributed by atoms with E-state index < -0.39 is 28.8 Å². The molecule has 1 unspecified atom stereocenters. The molecular weight excluding hydrogens is 379 g/mol. The van der Waals surface area contributed by atoms with Gasteiger partial charge in [-0.05, 0) is 17.7 Å². The summed E-state index contributed by atoms with van der Waals surface area (Å²) in [5.74, 6) is 0. The fourth-order valence-corrected chi connectivity index (χ4v) is 3.26. The molecule has 2 N–H and O–H groups in total. The Bertz CT molecular complexity index is 979. The minimum Gasteiger partial charge on any atom is -0.277 e. The van der Waals surface area contributed by atoms with Gasteiger partial charge in [-0.25, -0.2) is 8.42 Å². The minimum absolute atomic E-state index is 0.134. The number of thiol groups is 1. The van der Waals surface area contributed by atoms with Crippen LogP contribution in [0.1, 0.15) is 11.7 Å². The number of rotatable bonds is 4. The second-order valence-electron chi connectivity index (χ2n) is 5.21. The summed E-state index contributed by atoms with van der Waals surface area (Å²) in [6, 6.07) is 9.34. The summed E-state index contributed by atoms with van der Waals surface area (Å²) in [7, 11) is -3.47. The van der Waals surface area contributed by atoms with Crippen LogP contribution in [-0.4, -0.2) is 24.8 Å². The highest BCUT2D eigenvalue weighted by atomic mass is 35.5. The third kappa shape index (κ3) is 3.63. The molecule has 0 spiro atoms. The molecule has 0 amide bonds. The normalized spacial score (nSPS) is 13.5. The molecule has 2 aromatic carbocycles. The molecule has 0 saturated heterocycles. The first-order valence-corrected chi connectivity index (χ1v) is 8.53. The van der Waals surface area contributed by atoms with Gasteiger partial charge in [0.1, 0.15) is 0 Å². The summed E-state index contributed by atoms with van der Waals surface area (Å²) in [5.41, 5.74) is 1.05. The molecule has 0 aliphatic heterocycles. The number of aromatic nitrogens is 2. The Morgan fingerprint density at radius 1 is 1.16 bits per heavy atom. The quantitative estimate of drug-likeness (QED) is 0.597. The van der Waals surface area contributed by atoms with E-state index in [-0.39, 0.29) is 10.9 Å². The lowest BCUT2D eigenvalue weighted by Gasteiger charge is -2.17. The lowest BCUT2D eigenvalue weighted by atomic mass is 10.0. The predicted octanol–water partition coefficient (Wildman–Crippen LogP) is 3.60. The SMILES string of the molecule is O=[SH](=O)NC(c1n[nH]c2cc(Cl)c(-c3ccccc3)cc12)C(F)(F)F. The van der Waals surface area contributed by atoms with E-state index in [1.54, 1.807) is 30.3 Å². The van der Waals surface area contributed by atoms with Gasteiger partial charge in [-0.1, -0.05) is 41.9 Å². The van der Waals surface area contributed by atoms with Gasteiger partial charge in [0.05, 0.1) is 16.2 Å². The molecule has 0 aliphatic carbocycles. The molecule has 1 heterocycles. The molecule has 0 bridgehead atoms. The van der Waals surface area contributed by atoms with Crippen LogP contribution in [0, 0.1) is 0 Å². The van der Waals surface area contributed by atoms with Crippen molar-refractivity contribution < 1.29 is 21.6 Å². The van der Waals surface area contributed by atoms with Crippen molar-refractivity contribution in [2.24, 2.45) is 0 Å². The molecule has 1 atom stereocenters. The molecule has 3 aromatic rings. The lowest BCUT2D eigenvalue weighted by Crippen LogP contribution is -2.33. The first kappa shape index (κ1) is 17.7. The monoisotopic (exact) mass is 389 g/mol. The number of nitrogens with one attached hydrogen (secondary N) is 2. The molecule has 0 aliphatic rings. The topological polar surface area (TPSA) is 74.8 Å². The van der Waals surface area contributed by atoms with E-state index in [1.807, 2.05) is 0 Å². The van der Waals surface area contributed by atoms with Crippen molar-refractivity contribution >= 4 is 33.4 Å². The summed E-state index contributed by atoms with van der Waals surface area (Å²) in [6.45, 7) is 0. The van der Waals surface area contributed by atoms with E-state index in [1.165, 1.54) is 16.9 Å². The average molecular weight is 390 g/mol. The Balaban J connectivity index is 2.20. The summed E-state index contributed by atoms with van der Waals surface area (Å²) in [5, 5.41) is 6.59. The molecule has 25 heavy (non-hydrogen) atoms. The summed E-state index contributed by atoms with van der Waals surface area (Å²) < 4.78 is 62.9. The second-order valence-corrected chi connectivity index (χ2v) is 6.39. The fraction of sp³-hybridized carbons (Fsp3) is 0.133. The zero-order chi connectivity index (χ0) is 18.2. The molecule has 0 radical (unpaired) electrons. The maximum atomic E-state index is 13.3. The summed E-state index contributed by atoms with van der Waals surface area (Å²) >= 11 is 6.22. The van der Waals surface area contributed by atoms with Crippen molar-refractivity contribution in [1.82, 2.24) is 14.9 Å². The Morgan fingerprint density at radius 2 is 1.84 bits per heavy atom. The smallest absolute Gasteiger partial charge is 0.277 e. The number of benzene rings is 2. The number of fused-ring (bicyclic) bond motifs is 1. The first-order valence-electron chi connectivity index (χ1n) is 6.97. The van der Waals surface area contributed by atoms with Crippen molar-refractivity contribution in [2.75, 3.05) is 0 Å². The van der Waals surface area contributed by atoms with Gasteiger partial charge in [-0.2, -0.15) is 23.0 Å². The minimum atomic E-state index is -4.84. The van der Waals surface area contributed by atoms with Crippen LogP contribution in [0.3, 0.4) is 0 Å². The molecule has 3 rings (SSSR count). The van der Waals surface area contributed by atoms with Crippen molar-refractivity contribution in [3.63, 3.8) is 0 Å². The number of aromatic amines is 1. The molecule has 10 heteroatoms. The van der Waals surface area contributed by atoms with Crippen LogP contribution in [0.5, 0.6) is 0 Å². The Morgan fingerprint density at radius 3 is 2.44 bits per heavy atom. The third-order valence-corrected chi connectivity index (χ3v) is 4.38. The van der Waals surface area contributed by atoms with Crippen molar-refractivity contribution in [3.05, 3.63) is 53.2 Å². The van der Waals surface area contributed by atoms with Gasteiger partial charge in [0, 0.05) is 10.9 Å². The highest BCUT2D eigenvalue weighted by Gasteiger charge is 2.43. The fourth-order valence-electron chi connectivity index (χ4n) is 2.51. The van der Waals surface area contributed by atoms with Gasteiger partial charge in [0.2, 0.25) is 10.9 Å². The van der Waals surface area contributed by atoms with Gasteiger partial charge >= 0.3 is 6.18 Å². The van der Waals surface area contributed by atoms with E-state index in [0.29, 0.717) is 16.1 Å². The summed E-state index contributed by atoms with van der Waals surface area (Å²) in [4.78, 5) is 0. The van der Waals surface area contributed by atoms with Crippen LogP contribution < -0.4 is 4.72 Å². The molecule has 5 nitrogen and oxygen atoms in total. The Labute approximate surface area is 146 Å². The van der Waals surface area contributed by atoms with E-state index in [2.05, 4.69) is 10.2 Å². The third-order valence-electron chi connectivity index (χ3n) is 3.60. The molecular formula is C15H11ClF3N3O2S. The Hall–Kier alpha value is -2.10. The van der Waals surface area contributed by atoms with Gasteiger partial charge in [0.25, 0.3) is 0 Å². The van der Waals surface area contributed by atoms with Crippen LogP contribution in [-0.2, 0) is 10.9 Å². The maximum Gasteiger partial charge on any atom is 0.410 e. The number of alkyl halides is 3. The largest absolute Gasteiger partial charge is 0.410 e. The second kappa shape index (κ2) is 6.66. The molecule has 132 valence electrons. The lowest BCUT2D eigenvalue weighted by molar-refractivity contribution is -0.153. The zero-order valence-electron chi connectivity index (χ0n) is 12.3. The number of hydrogen-bond acceptors (Lipinski definition) is 3. The van der Waals surface area contributed by atoms with Gasteiger partial charge in [-0.15, -0.1) is 0 Å². The number of hydrogen-bond donors (Lipinski definition) is 3. The van der Waals surface area contributed by atoms with Crippen molar-refractivity contribution in [1.29, 1.82) is 0 Å². The molecule has 1 aromatic heterocycles. The molecule has 0 saturated carbocycles. The maximum absolute atomic E-state index is 13.3. The van der Waals surface area contributed by atoms with Crippen LogP contribution in [0.15, 0.2) is 42.5 Å². The highest BCUT2D eigenvalue weighted by molar-refractivity contribution is 7.70. The predicted molar refractivity (Wildman–Crippen MR) is 88.8 cm³/mol. The standard InChI is InChI=1S/C15H11ClF3N3O2S/c16-11-7-12-10(6-9(11)8-4-2-1-3-5-8)13(21-20-12)14(15(17,18)19)22-25(23)24/h1-7,14,25H,(H,20,21)(H,22,23,24). The molecule has 0 fully saturated rings. The van der Waals surface area contributed by atoms with Crippen LogP contribution >= 0.6 is 11.6 Å². The number of nitrogens with zero attached hydrogens (tertiary/aromatic N) is 1. The van der Waals surface area contributed by atoms with E-state index in [0.717, 1.165) is 0 Å². The average Bonchev–Trinajstić information content (AvgIpc) is 2.93. The van der Waals surface area contributed by atoms with Crippen molar-refractivity contribution in [3.8, 4) is 11.1 Å². The van der Waals surface area contributed by atoms with Gasteiger partial charge < -0.3 is 0 Å². The van der Waals surface area contributed by atoms with E-state index >= 15 is 0 Å². The number of H-pyrrole nitrogens is 1. The van der Waals surface area contributed by atoms with Crippen LogP contribution in [0.2, 0.25) is 5.02 Å². The first-order chi connectivity index (χ1) is 11.8. The van der Waals surface area contributed by atoms with E-state index in [4.69, 9.17) is 11.6 Å². The van der Waals surface area contributed by atoms with Crippen molar-refractivity contribution in [2.45, 2.75) is 12.2 Å². The summed E-state index contributed by atoms with van der Waals surface area (Å²) in [6.07, 6.45) is -4.84. The number of halogens is 4. The zero-order valence-corrected chi connectivity index (χ0v) is 14.0. The van der Waals surface area contributed by atoms with Crippen LogP contribution in [0.25, 0.3) is 22.0 Å². The van der Waals surface area contributed by atoms with Crippen LogP contribution in [0.4, 0.5) is 13.2 Å². The highest BCUT2D eigenvalue weighted by Crippen LogP contribution is 2.38. The van der Waals surface area contributed by atoms with E-state index in [9.17, 15) is 21.6 Å². The van der Waals surface area contributed by atoms with Gasteiger partial charge in [-0.3, -0.25) is 5.10 Å². The Kier molecular flexibility index (Phi) is 4.72. The van der Waals surface area contributed by atoms with Gasteiger partial charge in [0.15, 0.2) is 6.04 Å².